The molecule has 0 unspecified atom stereocenters. The number of aliphatic hydroxyl groups excluding tert-OH is 1. The number of nitrogens with zero attached hydrogens (tertiary/aromatic N) is 4. The minimum atomic E-state index is -3.33. The number of aliphatic hydroxyl groups is 1. The average Bonchev–Trinajstić information content (AvgIpc) is 3.72. The number of alkyl halides is 2. The van der Waals surface area contributed by atoms with Crippen molar-refractivity contribution < 1.29 is 42.5 Å². The second-order valence-corrected chi connectivity index (χ2v) is 12.8. The van der Waals surface area contributed by atoms with E-state index in [2.05, 4.69) is 10.3 Å². The van der Waals surface area contributed by atoms with E-state index in [-0.39, 0.29) is 36.6 Å². The van der Waals surface area contributed by atoms with Gasteiger partial charge >= 0.3 is 11.9 Å². The quantitative estimate of drug-likeness (QED) is 0.329. The molecule has 3 N–H and O–H groups in total. The van der Waals surface area contributed by atoms with Crippen LogP contribution in [0.15, 0.2) is 46.0 Å². The van der Waals surface area contributed by atoms with Gasteiger partial charge in [-0.05, 0) is 51.8 Å². The van der Waals surface area contributed by atoms with Crippen LogP contribution in [0.4, 0.5) is 13.2 Å². The highest BCUT2D eigenvalue weighted by Crippen LogP contribution is 2.44. The van der Waals surface area contributed by atoms with E-state index in [0.717, 1.165) is 5.06 Å². The van der Waals surface area contributed by atoms with E-state index >= 15 is 8.78 Å². The number of hydrogen-bond acceptors (Lipinski definition) is 11. The molecule has 0 amide bonds. The van der Waals surface area contributed by atoms with Crippen molar-refractivity contribution in [2.24, 2.45) is 10.4 Å². The van der Waals surface area contributed by atoms with Gasteiger partial charge in [-0.25, -0.2) is 22.9 Å². The Morgan fingerprint density at radius 2 is 2.07 bits per heavy atom. The van der Waals surface area contributed by atoms with Crippen molar-refractivity contribution in [3.63, 3.8) is 0 Å². The Bertz CT molecular complexity index is 1520. The predicted molar refractivity (Wildman–Crippen MR) is 158 cm³/mol. The number of halogens is 3. The fourth-order valence-electron chi connectivity index (χ4n) is 6.14. The summed E-state index contributed by atoms with van der Waals surface area (Å²) >= 11 is 1.28. The Hall–Kier alpha value is -3.37. The Balaban J connectivity index is 1.53. The number of benzene rings is 1. The maximum Gasteiger partial charge on any atom is 0.338 e. The monoisotopic (exact) mass is 651 g/mol. The van der Waals surface area contributed by atoms with Crippen LogP contribution in [0.2, 0.25) is 0 Å². The third-order valence-electron chi connectivity index (χ3n) is 8.72. The van der Waals surface area contributed by atoms with E-state index < -0.39 is 65.9 Å². The van der Waals surface area contributed by atoms with Crippen LogP contribution in [-0.2, 0) is 19.2 Å². The zero-order valence-electron chi connectivity index (χ0n) is 25.5. The third-order valence-corrected chi connectivity index (χ3v) is 9.50. The number of esters is 1. The van der Waals surface area contributed by atoms with Gasteiger partial charge in [-0.2, -0.15) is 5.06 Å². The number of amidine groups is 1. The minimum Gasteiger partial charge on any atom is -0.481 e. The van der Waals surface area contributed by atoms with Crippen molar-refractivity contribution in [2.45, 2.75) is 70.8 Å². The lowest BCUT2D eigenvalue weighted by molar-refractivity contribution is -0.227. The van der Waals surface area contributed by atoms with Crippen molar-refractivity contribution in [3.8, 4) is 0 Å². The van der Waals surface area contributed by atoms with Gasteiger partial charge in [-0.3, -0.25) is 19.5 Å². The molecule has 5 rings (SSSR count). The average molecular weight is 652 g/mol. The lowest BCUT2D eigenvalue weighted by Gasteiger charge is -2.38. The molecule has 0 aliphatic carbocycles. The smallest absolute Gasteiger partial charge is 0.338 e. The van der Waals surface area contributed by atoms with Crippen LogP contribution in [0.1, 0.15) is 49.9 Å². The van der Waals surface area contributed by atoms with Gasteiger partial charge in [0.15, 0.2) is 10.8 Å². The first-order chi connectivity index (χ1) is 21.2. The third kappa shape index (κ3) is 5.99. The fraction of sp³-hybridized carbons (Fsp3) is 0.533. The molecule has 3 aliphatic rings. The molecule has 0 saturated carbocycles. The fourth-order valence-corrected chi connectivity index (χ4v) is 6.73. The molecule has 3 aliphatic heterocycles. The summed E-state index contributed by atoms with van der Waals surface area (Å²) in [7, 11) is 0. The summed E-state index contributed by atoms with van der Waals surface area (Å²) in [6, 6.07) is -0.0116. The minimum absolute atomic E-state index is 0.0374. The maximum absolute atomic E-state index is 15.8. The van der Waals surface area contributed by atoms with Crippen LogP contribution >= 0.6 is 11.3 Å². The Morgan fingerprint density at radius 1 is 1.33 bits per heavy atom. The van der Waals surface area contributed by atoms with Gasteiger partial charge in [0.25, 0.3) is 5.92 Å². The summed E-state index contributed by atoms with van der Waals surface area (Å²) < 4.78 is 51.7. The van der Waals surface area contributed by atoms with Gasteiger partial charge in [-0.15, -0.1) is 11.3 Å². The molecule has 244 valence electrons. The molecular weight excluding hydrogens is 615 g/mol. The SMILES string of the molecule is CCOC(=O)C1=C(CN2CC(F)(F)[C@@H]3[C@H]2CON3[C@@H](C)[C@@H](O)C(C)(C)C(=O)O)NC(c2nccs2)=N[C@H]1c1cccc(F)c1C. The van der Waals surface area contributed by atoms with Crippen LogP contribution in [0.25, 0.3) is 0 Å². The summed E-state index contributed by atoms with van der Waals surface area (Å²) in [6.07, 6.45) is 0.0536. The first-order valence-electron chi connectivity index (χ1n) is 14.5. The molecule has 5 atom stereocenters. The summed E-state index contributed by atoms with van der Waals surface area (Å²) in [5, 5.41) is 26.8. The van der Waals surface area contributed by atoms with Crippen molar-refractivity contribution in [2.75, 3.05) is 26.3 Å². The molecule has 4 heterocycles. The molecule has 11 nitrogen and oxygen atoms in total. The van der Waals surface area contributed by atoms with E-state index in [1.807, 2.05) is 0 Å². The number of ether oxygens (including phenoxy) is 1. The van der Waals surface area contributed by atoms with E-state index in [1.165, 1.54) is 49.1 Å². The highest BCUT2D eigenvalue weighted by Gasteiger charge is 2.62. The van der Waals surface area contributed by atoms with E-state index in [9.17, 15) is 24.2 Å². The highest BCUT2D eigenvalue weighted by atomic mass is 32.1. The zero-order valence-corrected chi connectivity index (χ0v) is 26.3. The normalized spacial score (nSPS) is 25.0. The molecule has 0 bridgehead atoms. The van der Waals surface area contributed by atoms with Gasteiger partial charge in [0.2, 0.25) is 0 Å². The lowest BCUT2D eigenvalue weighted by atomic mass is 9.82. The number of rotatable bonds is 10. The number of aliphatic imine (C=N–C) groups is 1. The zero-order chi connectivity index (χ0) is 32.8. The second-order valence-electron chi connectivity index (χ2n) is 12.0. The van der Waals surface area contributed by atoms with Gasteiger partial charge < -0.3 is 20.3 Å². The van der Waals surface area contributed by atoms with Gasteiger partial charge in [0, 0.05) is 23.8 Å². The number of aromatic nitrogens is 1. The van der Waals surface area contributed by atoms with E-state index in [4.69, 9.17) is 14.6 Å². The van der Waals surface area contributed by atoms with E-state index in [0.29, 0.717) is 16.4 Å². The Kier molecular flexibility index (Phi) is 9.12. The molecular formula is C30H36F3N5O6S. The molecule has 15 heteroatoms. The Labute approximate surface area is 262 Å². The van der Waals surface area contributed by atoms with Crippen molar-refractivity contribution in [1.29, 1.82) is 0 Å². The number of aliphatic carboxylic acids is 1. The van der Waals surface area contributed by atoms with Gasteiger partial charge in [-0.1, -0.05) is 12.1 Å². The summed E-state index contributed by atoms with van der Waals surface area (Å²) in [4.78, 5) is 41.5. The molecule has 45 heavy (non-hydrogen) atoms. The predicted octanol–water partition coefficient (Wildman–Crippen LogP) is 3.29. The number of likely N-dealkylation sites (tertiary alicyclic amines) is 1. The molecule has 1 aromatic heterocycles. The molecule has 1 aromatic carbocycles. The number of nitrogens with one attached hydrogen (secondary N) is 1. The van der Waals surface area contributed by atoms with Gasteiger partial charge in [0.1, 0.15) is 17.9 Å². The number of hydroxylamine groups is 2. The van der Waals surface area contributed by atoms with Crippen LogP contribution in [0.5, 0.6) is 0 Å². The molecule has 2 fully saturated rings. The standard InChI is InChI=1S/C30H36F3N5O6S/c1-6-43-27(40)21-19(35-25(26-34-10-11-45-26)36-22(21)17-8-7-9-18(31)15(17)2)12-37-14-30(32,33)23-20(37)13-44-38(23)16(3)24(39)29(4,5)28(41)42/h7-11,16,20,22-24,39H,6,12-14H2,1-5H3,(H,35,36)(H,41,42)/t16-,20+,22-,23-,24+/m0/s1. The van der Waals surface area contributed by atoms with Crippen molar-refractivity contribution in [3.05, 3.63) is 63.0 Å². The summed E-state index contributed by atoms with van der Waals surface area (Å²) in [5.74, 6) is -5.53. The number of carboxylic acids is 1. The number of hydrogen-bond donors (Lipinski definition) is 3. The summed E-state index contributed by atoms with van der Waals surface area (Å²) in [5.41, 5.74) is -0.639. The molecule has 0 spiro atoms. The van der Waals surface area contributed by atoms with Crippen molar-refractivity contribution in [1.82, 2.24) is 20.3 Å². The van der Waals surface area contributed by atoms with Crippen LogP contribution in [0, 0.1) is 18.2 Å². The maximum atomic E-state index is 15.8. The van der Waals surface area contributed by atoms with Crippen LogP contribution < -0.4 is 5.32 Å². The van der Waals surface area contributed by atoms with Crippen LogP contribution in [-0.4, -0.2) is 99.4 Å². The summed E-state index contributed by atoms with van der Waals surface area (Å²) in [6.45, 7) is 6.30. The number of carbonyl (C=O) groups excluding carboxylic acids is 1. The first kappa shape index (κ1) is 33.0. The largest absolute Gasteiger partial charge is 0.481 e. The molecule has 2 aromatic rings. The Morgan fingerprint density at radius 3 is 2.71 bits per heavy atom. The molecule has 2 saturated heterocycles. The highest BCUT2D eigenvalue weighted by molar-refractivity contribution is 7.11. The first-order valence-corrected chi connectivity index (χ1v) is 15.4. The number of thiazole rings is 1. The van der Waals surface area contributed by atoms with Crippen LogP contribution in [0.3, 0.4) is 0 Å². The van der Waals surface area contributed by atoms with Crippen molar-refractivity contribution >= 4 is 29.1 Å². The number of fused-ring (bicyclic) bond motifs is 1. The second kappa shape index (κ2) is 12.4. The number of carbonyl (C=O) groups is 2. The number of carboxylic acid groups (broad SMARTS) is 1. The van der Waals surface area contributed by atoms with Gasteiger partial charge in [0.05, 0.1) is 48.9 Å². The lowest BCUT2D eigenvalue weighted by Crippen LogP contribution is -2.56. The molecule has 0 radical (unpaired) electrons. The van der Waals surface area contributed by atoms with E-state index in [1.54, 1.807) is 31.5 Å². The topological polar surface area (TPSA) is 137 Å².